The van der Waals surface area contributed by atoms with Crippen molar-refractivity contribution in [1.29, 1.82) is 0 Å². The molecular weight excluding hydrogens is 493 g/mol. The predicted octanol–water partition coefficient (Wildman–Crippen LogP) is 5.76. The molecule has 1 aliphatic heterocycles. The molecule has 0 bridgehead atoms. The number of ether oxygens (including phenoxy) is 1. The van der Waals surface area contributed by atoms with Crippen LogP contribution < -0.4 is 10.1 Å². The van der Waals surface area contributed by atoms with Crippen molar-refractivity contribution in [2.75, 3.05) is 19.7 Å². The molecule has 1 saturated heterocycles. The number of nitrogens with zero attached hydrogens (tertiary/aromatic N) is 1. The van der Waals surface area contributed by atoms with Crippen molar-refractivity contribution in [3.8, 4) is 5.75 Å². The largest absolute Gasteiger partial charge is 0.484 e. The second-order valence-corrected chi connectivity index (χ2v) is 9.23. The molecule has 0 aromatic heterocycles. The van der Waals surface area contributed by atoms with Crippen LogP contribution in [0.5, 0.6) is 5.75 Å². The van der Waals surface area contributed by atoms with Crippen LogP contribution >= 0.6 is 0 Å². The van der Waals surface area contributed by atoms with E-state index in [2.05, 4.69) is 22.3 Å². The van der Waals surface area contributed by atoms with Crippen LogP contribution in [0.15, 0.2) is 84.9 Å². The first-order chi connectivity index (χ1) is 18.3. The van der Waals surface area contributed by atoms with E-state index in [-0.39, 0.29) is 24.1 Å². The van der Waals surface area contributed by atoms with Gasteiger partial charge in [-0.3, -0.25) is 14.5 Å². The fourth-order valence-electron chi connectivity index (χ4n) is 4.26. The maximum atomic E-state index is 12.7. The van der Waals surface area contributed by atoms with Crippen molar-refractivity contribution in [3.05, 3.63) is 107 Å². The highest BCUT2D eigenvalue weighted by molar-refractivity contribution is 6.06. The van der Waals surface area contributed by atoms with Crippen molar-refractivity contribution in [2.45, 2.75) is 31.6 Å². The number of allylic oxidation sites excluding steroid dienone is 1. The Labute approximate surface area is 219 Å². The second kappa shape index (κ2) is 12.6. The number of alkyl halides is 3. The summed E-state index contributed by atoms with van der Waals surface area (Å²) in [5.41, 5.74) is 1.37. The average molecular weight is 523 g/mol. The number of piperidine rings is 1. The minimum absolute atomic E-state index is 0.0914. The molecule has 5 nitrogen and oxygen atoms in total. The van der Waals surface area contributed by atoms with Crippen LogP contribution in [0.25, 0.3) is 6.08 Å². The van der Waals surface area contributed by atoms with Gasteiger partial charge in [0.05, 0.1) is 5.56 Å². The number of ketones is 1. The van der Waals surface area contributed by atoms with E-state index in [0.29, 0.717) is 11.3 Å². The zero-order valence-electron chi connectivity index (χ0n) is 20.8. The van der Waals surface area contributed by atoms with Gasteiger partial charge in [0.2, 0.25) is 0 Å². The van der Waals surface area contributed by atoms with E-state index in [1.54, 1.807) is 30.3 Å². The van der Waals surface area contributed by atoms with E-state index < -0.39 is 17.5 Å². The fourth-order valence-corrected chi connectivity index (χ4v) is 4.26. The van der Waals surface area contributed by atoms with Crippen LogP contribution in [-0.4, -0.2) is 42.3 Å². The molecule has 1 N–H and O–H groups in total. The third-order valence-electron chi connectivity index (χ3n) is 6.38. The Balaban J connectivity index is 1.18. The van der Waals surface area contributed by atoms with Gasteiger partial charge in [-0.1, -0.05) is 60.7 Å². The van der Waals surface area contributed by atoms with Gasteiger partial charge < -0.3 is 10.1 Å². The molecule has 0 spiro atoms. The van der Waals surface area contributed by atoms with E-state index in [9.17, 15) is 22.8 Å². The molecule has 8 heteroatoms. The number of benzene rings is 3. The third kappa shape index (κ3) is 8.05. The SMILES string of the molecule is O=C(COc1ccc(C=CC(=O)c2ccc(C(F)(F)F)cc2)cc1)NC1CCN(Cc2ccccc2)CC1. The lowest BCUT2D eigenvalue weighted by Crippen LogP contribution is -2.45. The Bertz CT molecular complexity index is 1230. The van der Waals surface area contributed by atoms with Crippen molar-refractivity contribution < 1.29 is 27.5 Å². The summed E-state index contributed by atoms with van der Waals surface area (Å²) >= 11 is 0. The summed E-state index contributed by atoms with van der Waals surface area (Å²) < 4.78 is 43.6. The molecule has 0 radical (unpaired) electrons. The molecule has 0 unspecified atom stereocenters. The van der Waals surface area contributed by atoms with Crippen LogP contribution in [0.4, 0.5) is 13.2 Å². The Morgan fingerprint density at radius 1 is 0.921 bits per heavy atom. The first-order valence-electron chi connectivity index (χ1n) is 12.4. The summed E-state index contributed by atoms with van der Waals surface area (Å²) in [5.74, 6) is -0.0525. The van der Waals surface area contributed by atoms with E-state index in [1.165, 1.54) is 11.6 Å². The number of halogens is 3. The highest BCUT2D eigenvalue weighted by Gasteiger charge is 2.30. The molecule has 0 saturated carbocycles. The van der Waals surface area contributed by atoms with Crippen molar-refractivity contribution in [2.24, 2.45) is 0 Å². The van der Waals surface area contributed by atoms with Gasteiger partial charge in [0.15, 0.2) is 12.4 Å². The molecule has 0 aliphatic carbocycles. The molecule has 1 fully saturated rings. The van der Waals surface area contributed by atoms with Gasteiger partial charge in [0.1, 0.15) is 5.75 Å². The van der Waals surface area contributed by atoms with Gasteiger partial charge in [0.25, 0.3) is 5.91 Å². The number of likely N-dealkylation sites (tertiary alicyclic amines) is 1. The molecule has 1 amide bonds. The number of carbonyl (C=O) groups excluding carboxylic acids is 2. The molecule has 1 aliphatic rings. The summed E-state index contributed by atoms with van der Waals surface area (Å²) in [4.78, 5) is 27.0. The molecule has 4 rings (SSSR count). The number of hydrogen-bond acceptors (Lipinski definition) is 4. The number of rotatable bonds is 9. The van der Waals surface area contributed by atoms with E-state index in [1.807, 2.05) is 18.2 Å². The molecule has 198 valence electrons. The smallest absolute Gasteiger partial charge is 0.416 e. The van der Waals surface area contributed by atoms with Crippen LogP contribution in [0.3, 0.4) is 0 Å². The Morgan fingerprint density at radius 3 is 2.21 bits per heavy atom. The monoisotopic (exact) mass is 522 g/mol. The van der Waals surface area contributed by atoms with E-state index in [4.69, 9.17) is 4.74 Å². The zero-order chi connectivity index (χ0) is 27.0. The van der Waals surface area contributed by atoms with Gasteiger partial charge in [-0.05, 0) is 54.3 Å². The maximum Gasteiger partial charge on any atom is 0.416 e. The normalized spacial score (nSPS) is 14.9. The summed E-state index contributed by atoms with van der Waals surface area (Å²) in [7, 11) is 0. The molecule has 0 atom stereocenters. The number of nitrogens with one attached hydrogen (secondary N) is 1. The van der Waals surface area contributed by atoms with Gasteiger partial charge in [-0.2, -0.15) is 13.2 Å². The van der Waals surface area contributed by atoms with Gasteiger partial charge >= 0.3 is 6.18 Å². The average Bonchev–Trinajstić information content (AvgIpc) is 2.92. The van der Waals surface area contributed by atoms with Crippen LogP contribution in [0, 0.1) is 0 Å². The summed E-state index contributed by atoms with van der Waals surface area (Å²) in [6.45, 7) is 2.68. The lowest BCUT2D eigenvalue weighted by molar-refractivity contribution is -0.137. The Morgan fingerprint density at radius 2 is 1.58 bits per heavy atom. The van der Waals surface area contributed by atoms with Crippen molar-refractivity contribution in [1.82, 2.24) is 10.2 Å². The minimum atomic E-state index is -4.44. The molecule has 1 heterocycles. The highest BCUT2D eigenvalue weighted by Crippen LogP contribution is 2.29. The molecule has 38 heavy (non-hydrogen) atoms. The lowest BCUT2D eigenvalue weighted by Gasteiger charge is -2.32. The fraction of sp³-hybridized carbons (Fsp3) is 0.267. The standard InChI is InChI=1S/C30H29F3N2O3/c31-30(32,33)25-11-9-24(10-12-25)28(36)15-8-22-6-13-27(14-7-22)38-21-29(37)34-26-16-18-35(19-17-26)20-23-4-2-1-3-5-23/h1-15,26H,16-21H2,(H,34,37). The quantitative estimate of drug-likeness (QED) is 0.287. The van der Waals surface area contributed by atoms with E-state index in [0.717, 1.165) is 56.7 Å². The van der Waals surface area contributed by atoms with Crippen LogP contribution in [-0.2, 0) is 17.5 Å². The van der Waals surface area contributed by atoms with Gasteiger partial charge in [-0.15, -0.1) is 0 Å². The second-order valence-electron chi connectivity index (χ2n) is 9.23. The van der Waals surface area contributed by atoms with Gasteiger partial charge in [-0.25, -0.2) is 0 Å². The Hall–Kier alpha value is -3.91. The van der Waals surface area contributed by atoms with Crippen LogP contribution in [0.2, 0.25) is 0 Å². The maximum absolute atomic E-state index is 12.7. The number of hydrogen-bond donors (Lipinski definition) is 1. The third-order valence-corrected chi connectivity index (χ3v) is 6.38. The van der Waals surface area contributed by atoms with Crippen molar-refractivity contribution >= 4 is 17.8 Å². The molecule has 3 aromatic rings. The van der Waals surface area contributed by atoms with E-state index >= 15 is 0 Å². The number of carbonyl (C=O) groups is 2. The first kappa shape index (κ1) is 27.1. The van der Waals surface area contributed by atoms with Gasteiger partial charge in [0, 0.05) is 31.2 Å². The summed E-state index contributed by atoms with van der Waals surface area (Å²) in [5, 5.41) is 3.04. The lowest BCUT2D eigenvalue weighted by atomic mass is 10.0. The summed E-state index contributed by atoms with van der Waals surface area (Å²) in [6, 6.07) is 21.4. The molecular formula is C30H29F3N2O3. The topological polar surface area (TPSA) is 58.6 Å². The molecule has 3 aromatic carbocycles. The van der Waals surface area contributed by atoms with Crippen molar-refractivity contribution in [3.63, 3.8) is 0 Å². The Kier molecular flexibility index (Phi) is 8.97. The van der Waals surface area contributed by atoms with Crippen LogP contribution in [0.1, 0.15) is 39.9 Å². The number of amides is 1. The highest BCUT2D eigenvalue weighted by atomic mass is 19.4. The minimum Gasteiger partial charge on any atom is -0.484 e. The summed E-state index contributed by atoms with van der Waals surface area (Å²) in [6.07, 6.45) is 0.218. The zero-order valence-corrected chi connectivity index (χ0v) is 20.8. The first-order valence-corrected chi connectivity index (χ1v) is 12.4. The predicted molar refractivity (Wildman–Crippen MR) is 140 cm³/mol.